The van der Waals surface area contributed by atoms with Gasteiger partial charge in [-0.15, -0.1) is 0 Å². The molecule has 3 rings (SSSR count). The lowest BCUT2D eigenvalue weighted by Crippen LogP contribution is -2.48. The van der Waals surface area contributed by atoms with E-state index in [1.54, 1.807) is 30.0 Å². The topological polar surface area (TPSA) is 67.9 Å². The largest absolute Gasteiger partial charge is 0.486 e. The van der Waals surface area contributed by atoms with Gasteiger partial charge < -0.3 is 19.7 Å². The normalized spacial score (nSPS) is 13.3. The molecule has 2 aromatic carbocycles. The summed E-state index contributed by atoms with van der Waals surface area (Å²) in [5.41, 5.74) is 1.59. The van der Waals surface area contributed by atoms with E-state index in [9.17, 15) is 9.59 Å². The Bertz CT molecular complexity index is 963. The molecule has 33 heavy (non-hydrogen) atoms. The van der Waals surface area contributed by atoms with Gasteiger partial charge in [0.1, 0.15) is 19.3 Å². The van der Waals surface area contributed by atoms with Gasteiger partial charge in [0, 0.05) is 35.1 Å². The standard InChI is InChI=1S/C25H30Cl2N2O4/c1-3-4-12-28-25(31)17(2)29(16-19-20(26)6-5-7-21(19)27)24(30)11-9-18-8-10-22-23(15-18)33-14-13-32-22/h5-8,10,15,17H,3-4,9,11-14,16H2,1-2H3,(H,28,31)/t17-/m1/s1. The molecule has 6 nitrogen and oxygen atoms in total. The predicted molar refractivity (Wildman–Crippen MR) is 130 cm³/mol. The first-order valence-corrected chi connectivity index (χ1v) is 12.0. The highest BCUT2D eigenvalue weighted by molar-refractivity contribution is 6.36. The number of hydrogen-bond acceptors (Lipinski definition) is 4. The molecule has 0 spiro atoms. The van der Waals surface area contributed by atoms with E-state index < -0.39 is 6.04 Å². The van der Waals surface area contributed by atoms with Crippen LogP contribution in [0, 0.1) is 0 Å². The number of halogens is 2. The highest BCUT2D eigenvalue weighted by Gasteiger charge is 2.27. The zero-order valence-electron chi connectivity index (χ0n) is 19.0. The number of amides is 2. The van der Waals surface area contributed by atoms with Crippen molar-refractivity contribution in [1.29, 1.82) is 0 Å². The number of rotatable bonds is 10. The van der Waals surface area contributed by atoms with Crippen molar-refractivity contribution in [2.45, 2.75) is 52.1 Å². The monoisotopic (exact) mass is 492 g/mol. The predicted octanol–water partition coefficient (Wildman–Crippen LogP) is 5.03. The fourth-order valence-electron chi connectivity index (χ4n) is 3.61. The van der Waals surface area contributed by atoms with Crippen molar-refractivity contribution in [3.63, 3.8) is 0 Å². The van der Waals surface area contributed by atoms with Crippen molar-refractivity contribution in [3.8, 4) is 11.5 Å². The van der Waals surface area contributed by atoms with E-state index in [0.717, 1.165) is 18.4 Å². The number of carbonyl (C=O) groups excluding carboxylic acids is 2. The van der Waals surface area contributed by atoms with Crippen LogP contribution in [0.3, 0.4) is 0 Å². The van der Waals surface area contributed by atoms with E-state index in [0.29, 0.717) is 53.3 Å². The first kappa shape index (κ1) is 25.2. The SMILES string of the molecule is CCCCNC(=O)[C@@H](C)N(Cc1c(Cl)cccc1Cl)C(=O)CCc1ccc2c(c1)OCCO2. The number of hydrogen-bond donors (Lipinski definition) is 1. The zero-order chi connectivity index (χ0) is 23.8. The van der Waals surface area contributed by atoms with E-state index in [-0.39, 0.29) is 24.8 Å². The zero-order valence-corrected chi connectivity index (χ0v) is 20.5. The summed E-state index contributed by atoms with van der Waals surface area (Å²) in [5.74, 6) is 1.05. The minimum absolute atomic E-state index is 0.154. The van der Waals surface area contributed by atoms with Crippen molar-refractivity contribution in [1.82, 2.24) is 10.2 Å². The van der Waals surface area contributed by atoms with E-state index in [1.807, 2.05) is 18.2 Å². The summed E-state index contributed by atoms with van der Waals surface area (Å²) in [6.07, 6.45) is 2.59. The Balaban J connectivity index is 1.74. The van der Waals surface area contributed by atoms with Crippen molar-refractivity contribution in [2.75, 3.05) is 19.8 Å². The number of ether oxygens (including phenoxy) is 2. The molecule has 0 saturated carbocycles. The maximum atomic E-state index is 13.3. The van der Waals surface area contributed by atoms with E-state index in [1.165, 1.54) is 0 Å². The molecule has 8 heteroatoms. The maximum absolute atomic E-state index is 13.3. The van der Waals surface area contributed by atoms with Crippen molar-refractivity contribution in [2.24, 2.45) is 0 Å². The maximum Gasteiger partial charge on any atom is 0.242 e. The van der Waals surface area contributed by atoms with Gasteiger partial charge in [-0.05, 0) is 49.6 Å². The van der Waals surface area contributed by atoms with Crippen molar-refractivity contribution >= 4 is 35.0 Å². The highest BCUT2D eigenvalue weighted by atomic mass is 35.5. The van der Waals surface area contributed by atoms with Crippen LogP contribution in [0.25, 0.3) is 0 Å². The van der Waals surface area contributed by atoms with Gasteiger partial charge in [-0.2, -0.15) is 0 Å². The van der Waals surface area contributed by atoms with Crippen LogP contribution in [0.5, 0.6) is 11.5 Å². The summed E-state index contributed by atoms with van der Waals surface area (Å²) >= 11 is 12.7. The van der Waals surface area contributed by atoms with Crippen LogP contribution in [-0.4, -0.2) is 42.5 Å². The Morgan fingerprint density at radius 2 is 1.79 bits per heavy atom. The molecule has 0 bridgehead atoms. The molecule has 1 atom stereocenters. The van der Waals surface area contributed by atoms with E-state index in [2.05, 4.69) is 12.2 Å². The lowest BCUT2D eigenvalue weighted by atomic mass is 10.1. The summed E-state index contributed by atoms with van der Waals surface area (Å²) in [7, 11) is 0. The molecule has 1 N–H and O–H groups in total. The van der Waals surface area contributed by atoms with Crippen LogP contribution in [0.4, 0.5) is 0 Å². The summed E-state index contributed by atoms with van der Waals surface area (Å²) in [4.78, 5) is 27.6. The number of aryl methyl sites for hydroxylation is 1. The molecule has 1 heterocycles. The van der Waals surface area contributed by atoms with Gasteiger partial charge in [0.05, 0.1) is 0 Å². The van der Waals surface area contributed by atoms with Crippen LogP contribution >= 0.6 is 23.2 Å². The molecule has 2 amide bonds. The summed E-state index contributed by atoms with van der Waals surface area (Å²) in [5, 5.41) is 3.84. The molecular formula is C25H30Cl2N2O4. The molecule has 178 valence electrons. The Morgan fingerprint density at radius 1 is 1.09 bits per heavy atom. The van der Waals surface area contributed by atoms with Gasteiger partial charge in [-0.25, -0.2) is 0 Å². The van der Waals surface area contributed by atoms with Crippen molar-refractivity contribution in [3.05, 3.63) is 57.6 Å². The van der Waals surface area contributed by atoms with Crippen molar-refractivity contribution < 1.29 is 19.1 Å². The summed E-state index contributed by atoms with van der Waals surface area (Å²) < 4.78 is 11.2. The fourth-order valence-corrected chi connectivity index (χ4v) is 4.13. The molecule has 0 unspecified atom stereocenters. The smallest absolute Gasteiger partial charge is 0.242 e. The average molecular weight is 493 g/mol. The van der Waals surface area contributed by atoms with Gasteiger partial charge in [0.25, 0.3) is 0 Å². The van der Waals surface area contributed by atoms with Crippen LogP contribution in [0.2, 0.25) is 10.0 Å². The minimum Gasteiger partial charge on any atom is -0.486 e. The second-order valence-electron chi connectivity index (χ2n) is 8.02. The van der Waals surface area contributed by atoms with Gasteiger partial charge in [0.15, 0.2) is 11.5 Å². The third-order valence-corrected chi connectivity index (χ3v) is 6.33. The fraction of sp³-hybridized carbons (Fsp3) is 0.440. The first-order valence-electron chi connectivity index (χ1n) is 11.3. The first-order chi connectivity index (χ1) is 15.9. The average Bonchev–Trinajstić information content (AvgIpc) is 2.82. The molecule has 0 fully saturated rings. The Morgan fingerprint density at radius 3 is 2.48 bits per heavy atom. The van der Waals surface area contributed by atoms with Gasteiger partial charge >= 0.3 is 0 Å². The molecule has 0 aromatic heterocycles. The van der Waals surface area contributed by atoms with Gasteiger partial charge in [-0.3, -0.25) is 9.59 Å². The van der Waals surface area contributed by atoms with Crippen LogP contribution in [0.15, 0.2) is 36.4 Å². The number of nitrogens with one attached hydrogen (secondary N) is 1. The number of benzene rings is 2. The molecule has 2 aromatic rings. The Kier molecular flexibility index (Phi) is 9.27. The molecule has 0 radical (unpaired) electrons. The lowest BCUT2D eigenvalue weighted by molar-refractivity contribution is -0.140. The Labute approximate surface area is 205 Å². The number of nitrogens with zero attached hydrogens (tertiary/aromatic N) is 1. The van der Waals surface area contributed by atoms with Crippen LogP contribution in [0.1, 0.15) is 44.2 Å². The second kappa shape index (κ2) is 12.1. The van der Waals surface area contributed by atoms with Gasteiger partial charge in [-0.1, -0.05) is 48.7 Å². The summed E-state index contributed by atoms with van der Waals surface area (Å²) in [6.45, 7) is 5.55. The second-order valence-corrected chi connectivity index (χ2v) is 8.83. The van der Waals surface area contributed by atoms with Crippen LogP contribution < -0.4 is 14.8 Å². The van der Waals surface area contributed by atoms with E-state index in [4.69, 9.17) is 32.7 Å². The minimum atomic E-state index is -0.665. The molecule has 1 aliphatic rings. The lowest BCUT2D eigenvalue weighted by Gasteiger charge is -2.29. The quantitative estimate of drug-likeness (QED) is 0.472. The highest BCUT2D eigenvalue weighted by Crippen LogP contribution is 2.31. The third kappa shape index (κ3) is 6.78. The number of fused-ring (bicyclic) bond motifs is 1. The third-order valence-electron chi connectivity index (χ3n) is 5.62. The Hall–Kier alpha value is -2.44. The molecule has 0 saturated heterocycles. The van der Waals surface area contributed by atoms with Gasteiger partial charge in [0.2, 0.25) is 11.8 Å². The molecular weight excluding hydrogens is 463 g/mol. The summed E-state index contributed by atoms with van der Waals surface area (Å²) in [6, 6.07) is 10.2. The molecule has 1 aliphatic heterocycles. The molecule has 0 aliphatic carbocycles. The van der Waals surface area contributed by atoms with Crippen LogP contribution in [-0.2, 0) is 22.6 Å². The van der Waals surface area contributed by atoms with E-state index >= 15 is 0 Å². The number of carbonyl (C=O) groups is 2. The number of unbranched alkanes of at least 4 members (excludes halogenated alkanes) is 1.